The molecule has 0 spiro atoms. The van der Waals surface area contributed by atoms with E-state index in [4.69, 9.17) is 0 Å². The molecular weight excluding hydrogens is 437 g/mol. The highest BCUT2D eigenvalue weighted by Gasteiger charge is 2.63. The zero-order valence-electron chi connectivity index (χ0n) is 15.2. The average molecular weight is 455 g/mol. The molecule has 0 aliphatic carbocycles. The Kier molecular flexibility index (Phi) is 5.38. The number of alkyl halides is 3. The van der Waals surface area contributed by atoms with E-state index < -0.39 is 24.2 Å². The third-order valence-electron chi connectivity index (χ3n) is 4.73. The molecule has 1 heterocycles. The summed E-state index contributed by atoms with van der Waals surface area (Å²) in [6.45, 7) is 3.68. The van der Waals surface area contributed by atoms with Gasteiger partial charge in [-0.15, -0.1) is 0 Å². The van der Waals surface area contributed by atoms with Gasteiger partial charge >= 0.3 is 6.18 Å². The maximum atomic E-state index is 13.7. The number of carbonyl (C=O) groups excluding carboxylic acids is 1. The first kappa shape index (κ1) is 20.5. The Bertz CT molecular complexity index is 941. The third-order valence-corrected chi connectivity index (χ3v) is 5.62. The Morgan fingerprint density at radius 1 is 1.25 bits per heavy atom. The Morgan fingerprint density at radius 2 is 1.89 bits per heavy atom. The number of rotatable bonds is 3. The summed E-state index contributed by atoms with van der Waals surface area (Å²) in [5, 5.41) is 14.5. The van der Waals surface area contributed by atoms with Crippen molar-refractivity contribution >= 4 is 27.5 Å². The van der Waals surface area contributed by atoms with E-state index in [2.05, 4.69) is 21.0 Å². The summed E-state index contributed by atoms with van der Waals surface area (Å²) >= 11 is 3.29. The van der Waals surface area contributed by atoms with Gasteiger partial charge < -0.3 is 5.11 Å². The number of hydrogen-bond acceptors (Lipinski definition) is 3. The van der Waals surface area contributed by atoms with Crippen LogP contribution in [0, 0.1) is 6.92 Å². The molecule has 0 saturated carbocycles. The smallest absolute Gasteiger partial charge is 0.362 e. The maximum absolute atomic E-state index is 13.7. The fraction of sp³-hybridized carbons (Fsp3) is 0.300. The van der Waals surface area contributed by atoms with Gasteiger partial charge in [0.2, 0.25) is 0 Å². The topological polar surface area (TPSA) is 52.9 Å². The highest BCUT2D eigenvalue weighted by molar-refractivity contribution is 9.10. The van der Waals surface area contributed by atoms with Gasteiger partial charge in [0.25, 0.3) is 11.6 Å². The summed E-state index contributed by atoms with van der Waals surface area (Å²) in [5.74, 6) is -1.02. The second-order valence-electron chi connectivity index (χ2n) is 6.67. The Balaban J connectivity index is 2.03. The number of nitrogens with zero attached hydrogens (tertiary/aromatic N) is 2. The lowest BCUT2D eigenvalue weighted by molar-refractivity contribution is -0.297. The average Bonchev–Trinajstić information content (AvgIpc) is 3.02. The lowest BCUT2D eigenvalue weighted by atomic mass is 9.99. The van der Waals surface area contributed by atoms with Gasteiger partial charge in [0.1, 0.15) is 0 Å². The van der Waals surface area contributed by atoms with Crippen LogP contribution in [0.15, 0.2) is 52.0 Å². The van der Waals surface area contributed by atoms with Crippen molar-refractivity contribution in [3.8, 4) is 0 Å². The van der Waals surface area contributed by atoms with E-state index in [9.17, 15) is 23.1 Å². The number of benzene rings is 2. The predicted octanol–water partition coefficient (Wildman–Crippen LogP) is 4.82. The summed E-state index contributed by atoms with van der Waals surface area (Å²) in [4.78, 5) is 12.8. The molecule has 2 aromatic carbocycles. The first-order valence-corrected chi connectivity index (χ1v) is 9.42. The first-order chi connectivity index (χ1) is 13.1. The van der Waals surface area contributed by atoms with Crippen LogP contribution >= 0.6 is 15.9 Å². The summed E-state index contributed by atoms with van der Waals surface area (Å²) in [5.41, 5.74) is -1.25. The van der Waals surface area contributed by atoms with Crippen LogP contribution in [0.2, 0.25) is 0 Å². The van der Waals surface area contributed by atoms with E-state index in [1.807, 2.05) is 6.92 Å². The van der Waals surface area contributed by atoms with Crippen LogP contribution in [0.25, 0.3) is 0 Å². The molecule has 1 aliphatic rings. The Hall–Kier alpha value is -2.19. The zero-order valence-corrected chi connectivity index (χ0v) is 16.8. The van der Waals surface area contributed by atoms with Gasteiger partial charge in [-0.2, -0.15) is 23.3 Å². The molecule has 1 N–H and O–H groups in total. The van der Waals surface area contributed by atoms with Crippen molar-refractivity contribution < 1.29 is 23.1 Å². The highest BCUT2D eigenvalue weighted by Crippen LogP contribution is 2.42. The SMILES string of the molecule is CCc1ccc(C2=NN(C(=O)c3ccc(Br)c(C)c3)[C@](O)(C(F)(F)F)C2)cc1. The van der Waals surface area contributed by atoms with E-state index >= 15 is 0 Å². The van der Waals surface area contributed by atoms with E-state index in [0.717, 1.165) is 16.5 Å². The Morgan fingerprint density at radius 3 is 2.43 bits per heavy atom. The van der Waals surface area contributed by atoms with E-state index in [-0.39, 0.29) is 16.3 Å². The first-order valence-electron chi connectivity index (χ1n) is 8.63. The van der Waals surface area contributed by atoms with Crippen LogP contribution in [-0.4, -0.2) is 33.6 Å². The largest absolute Gasteiger partial charge is 0.438 e. The number of aryl methyl sites for hydroxylation is 2. The van der Waals surface area contributed by atoms with Crippen molar-refractivity contribution in [1.29, 1.82) is 0 Å². The molecule has 0 saturated heterocycles. The van der Waals surface area contributed by atoms with Gasteiger partial charge in [0.05, 0.1) is 12.1 Å². The second-order valence-corrected chi connectivity index (χ2v) is 7.52. The van der Waals surface area contributed by atoms with Gasteiger partial charge in [-0.1, -0.05) is 47.1 Å². The second kappa shape index (κ2) is 7.33. The van der Waals surface area contributed by atoms with Gasteiger partial charge in [-0.25, -0.2) is 0 Å². The molecule has 0 aromatic heterocycles. The number of carbonyl (C=O) groups is 1. The molecular formula is C20H18BrF3N2O2. The number of amides is 1. The van der Waals surface area contributed by atoms with E-state index in [1.54, 1.807) is 37.3 Å². The minimum Gasteiger partial charge on any atom is -0.362 e. The van der Waals surface area contributed by atoms with E-state index in [0.29, 0.717) is 11.1 Å². The molecule has 1 amide bonds. The standard InChI is InChI=1S/C20H18BrF3N2O2/c1-3-13-4-6-14(7-5-13)17-11-19(28,20(22,23)24)26(25-17)18(27)15-8-9-16(21)12(2)10-15/h4-10,28H,3,11H2,1-2H3/t19-/m1/s1. The van der Waals surface area contributed by atoms with Gasteiger partial charge in [-0.05, 0) is 48.2 Å². The quantitative estimate of drug-likeness (QED) is 0.722. The van der Waals surface area contributed by atoms with Crippen LogP contribution in [-0.2, 0) is 6.42 Å². The van der Waals surface area contributed by atoms with Crippen molar-refractivity contribution in [3.05, 3.63) is 69.2 Å². The predicted molar refractivity (Wildman–Crippen MR) is 103 cm³/mol. The molecule has 0 bridgehead atoms. The number of hydrogen-bond donors (Lipinski definition) is 1. The molecule has 3 rings (SSSR count). The van der Waals surface area contributed by atoms with Crippen molar-refractivity contribution in [3.63, 3.8) is 0 Å². The number of hydrazone groups is 1. The number of halogens is 4. The van der Waals surface area contributed by atoms with Crippen molar-refractivity contribution in [2.75, 3.05) is 0 Å². The molecule has 2 aromatic rings. The molecule has 0 fully saturated rings. The summed E-state index contributed by atoms with van der Waals surface area (Å²) in [7, 11) is 0. The Labute approximate surface area is 168 Å². The van der Waals surface area contributed by atoms with E-state index in [1.165, 1.54) is 12.1 Å². The summed E-state index contributed by atoms with van der Waals surface area (Å²) < 4.78 is 41.8. The lowest BCUT2D eigenvalue weighted by Crippen LogP contribution is -2.56. The fourth-order valence-corrected chi connectivity index (χ4v) is 3.22. The van der Waals surface area contributed by atoms with Crippen molar-refractivity contribution in [2.45, 2.75) is 38.6 Å². The minimum absolute atomic E-state index is 0.00432. The van der Waals surface area contributed by atoms with Crippen LogP contribution in [0.5, 0.6) is 0 Å². The minimum atomic E-state index is -5.07. The summed E-state index contributed by atoms with van der Waals surface area (Å²) in [6.07, 6.45) is -5.11. The number of aliphatic hydroxyl groups is 1. The molecule has 0 radical (unpaired) electrons. The maximum Gasteiger partial charge on any atom is 0.438 e. The van der Waals surface area contributed by atoms with Crippen molar-refractivity contribution in [2.24, 2.45) is 5.10 Å². The molecule has 4 nitrogen and oxygen atoms in total. The third kappa shape index (κ3) is 3.58. The van der Waals surface area contributed by atoms with Crippen LogP contribution < -0.4 is 0 Å². The van der Waals surface area contributed by atoms with Gasteiger partial charge in [-0.3, -0.25) is 4.79 Å². The lowest BCUT2D eigenvalue weighted by Gasteiger charge is -2.32. The molecule has 1 aliphatic heterocycles. The fourth-order valence-electron chi connectivity index (χ4n) is 2.97. The molecule has 148 valence electrons. The molecule has 1 atom stereocenters. The van der Waals surface area contributed by atoms with Gasteiger partial charge in [0.15, 0.2) is 0 Å². The molecule has 0 unspecified atom stereocenters. The normalized spacial score (nSPS) is 19.7. The van der Waals surface area contributed by atoms with Crippen LogP contribution in [0.1, 0.15) is 40.4 Å². The molecule has 8 heteroatoms. The monoisotopic (exact) mass is 454 g/mol. The zero-order chi connectivity index (χ0) is 20.7. The molecule has 28 heavy (non-hydrogen) atoms. The summed E-state index contributed by atoms with van der Waals surface area (Å²) in [6, 6.07) is 11.3. The highest BCUT2D eigenvalue weighted by atomic mass is 79.9. The van der Waals surface area contributed by atoms with Gasteiger partial charge in [0, 0.05) is 10.0 Å². The van der Waals surface area contributed by atoms with Crippen LogP contribution in [0.4, 0.5) is 13.2 Å². The van der Waals surface area contributed by atoms with Crippen molar-refractivity contribution in [1.82, 2.24) is 5.01 Å². The van der Waals surface area contributed by atoms with Crippen LogP contribution in [0.3, 0.4) is 0 Å².